The highest BCUT2D eigenvalue weighted by atomic mass is 79.9. The van der Waals surface area contributed by atoms with Gasteiger partial charge < -0.3 is 4.74 Å². The molecule has 1 amide bonds. The van der Waals surface area contributed by atoms with E-state index in [1.54, 1.807) is 42.5 Å². The Hall–Kier alpha value is -3.55. The fourth-order valence-electron chi connectivity index (χ4n) is 4.56. The molecular weight excluding hydrogens is 596 g/mol. The highest BCUT2D eigenvalue weighted by Crippen LogP contribution is 2.58. The third-order valence-corrected chi connectivity index (χ3v) is 7.51. The van der Waals surface area contributed by atoms with Crippen LogP contribution in [0.5, 0.6) is 5.75 Å². The van der Waals surface area contributed by atoms with Crippen molar-refractivity contribution in [3.63, 3.8) is 0 Å². The highest BCUT2D eigenvalue weighted by molar-refractivity contribution is 9.10. The van der Waals surface area contributed by atoms with Crippen LogP contribution in [0.2, 0.25) is 0 Å². The van der Waals surface area contributed by atoms with E-state index >= 15 is 0 Å². The summed E-state index contributed by atoms with van der Waals surface area (Å²) in [4.78, 5) is 25.8. The summed E-state index contributed by atoms with van der Waals surface area (Å²) in [5.74, 6) is -0.551. The zero-order chi connectivity index (χ0) is 25.8. The molecule has 1 saturated carbocycles. The minimum absolute atomic E-state index is 0.160. The van der Waals surface area contributed by atoms with Crippen molar-refractivity contribution in [1.82, 2.24) is 5.43 Å². The average molecular weight is 618 g/mol. The van der Waals surface area contributed by atoms with Crippen molar-refractivity contribution in [1.29, 1.82) is 0 Å². The molecule has 4 aromatic carbocycles. The van der Waals surface area contributed by atoms with Gasteiger partial charge in [0.1, 0.15) is 5.75 Å². The van der Waals surface area contributed by atoms with Gasteiger partial charge in [-0.25, -0.2) is 10.2 Å². The molecule has 7 heteroatoms. The van der Waals surface area contributed by atoms with Crippen LogP contribution in [-0.2, 0) is 10.2 Å². The van der Waals surface area contributed by atoms with E-state index in [1.165, 1.54) is 6.21 Å². The molecule has 5 rings (SSSR count). The SMILES string of the molecule is O=C(Oc1ccc(Br)cc1/C=N\NC(=O)C1CC1(c1ccccc1)c1ccccc1)c1ccc(Br)cc1. The van der Waals surface area contributed by atoms with E-state index in [1.807, 2.05) is 36.4 Å². The molecule has 0 bridgehead atoms. The fourth-order valence-corrected chi connectivity index (χ4v) is 5.20. The van der Waals surface area contributed by atoms with Gasteiger partial charge in [-0.05, 0) is 60.0 Å². The number of nitrogens with one attached hydrogen (secondary N) is 1. The quantitative estimate of drug-likeness (QED) is 0.106. The summed E-state index contributed by atoms with van der Waals surface area (Å²) in [6.45, 7) is 0. The summed E-state index contributed by atoms with van der Waals surface area (Å²) >= 11 is 6.80. The van der Waals surface area contributed by atoms with Crippen LogP contribution in [-0.4, -0.2) is 18.1 Å². The predicted octanol–water partition coefficient (Wildman–Crippen LogP) is 6.89. The van der Waals surface area contributed by atoms with Crippen LogP contribution in [0.15, 0.2) is 117 Å². The minimum atomic E-state index is -0.484. The molecule has 0 aromatic heterocycles. The topological polar surface area (TPSA) is 67.8 Å². The van der Waals surface area contributed by atoms with Crippen LogP contribution in [0.4, 0.5) is 0 Å². The number of esters is 1. The van der Waals surface area contributed by atoms with Crippen molar-refractivity contribution < 1.29 is 14.3 Å². The molecule has 0 saturated heterocycles. The van der Waals surface area contributed by atoms with Gasteiger partial charge >= 0.3 is 5.97 Å². The van der Waals surface area contributed by atoms with Crippen LogP contribution in [0.3, 0.4) is 0 Å². The molecule has 1 N–H and O–H groups in total. The van der Waals surface area contributed by atoms with E-state index in [2.05, 4.69) is 66.7 Å². The molecule has 4 aromatic rings. The Morgan fingerprint density at radius 2 is 1.43 bits per heavy atom. The average Bonchev–Trinajstić information content (AvgIpc) is 3.69. The van der Waals surface area contributed by atoms with E-state index in [-0.39, 0.29) is 17.2 Å². The van der Waals surface area contributed by atoms with Gasteiger partial charge in [-0.3, -0.25) is 4.79 Å². The van der Waals surface area contributed by atoms with E-state index in [0.29, 0.717) is 23.3 Å². The number of carbonyl (C=O) groups excluding carboxylic acids is 2. The third kappa shape index (κ3) is 5.43. The molecule has 1 aliphatic rings. The molecule has 1 fully saturated rings. The number of nitrogens with zero attached hydrogens (tertiary/aromatic N) is 1. The molecule has 0 heterocycles. The van der Waals surface area contributed by atoms with Crippen molar-refractivity contribution in [3.8, 4) is 5.75 Å². The maximum atomic E-state index is 13.2. The number of amides is 1. The lowest BCUT2D eigenvalue weighted by Gasteiger charge is -2.18. The van der Waals surface area contributed by atoms with E-state index < -0.39 is 5.97 Å². The fraction of sp³-hybridized carbons (Fsp3) is 0.100. The highest BCUT2D eigenvalue weighted by Gasteiger charge is 2.60. The van der Waals surface area contributed by atoms with Crippen molar-refractivity contribution in [2.45, 2.75) is 11.8 Å². The van der Waals surface area contributed by atoms with Gasteiger partial charge in [0.25, 0.3) is 0 Å². The Balaban J connectivity index is 1.32. The summed E-state index contributed by atoms with van der Waals surface area (Å²) in [7, 11) is 0. The minimum Gasteiger partial charge on any atom is -0.422 e. The lowest BCUT2D eigenvalue weighted by molar-refractivity contribution is -0.122. The predicted molar refractivity (Wildman–Crippen MR) is 151 cm³/mol. The third-order valence-electron chi connectivity index (χ3n) is 6.49. The van der Waals surface area contributed by atoms with E-state index in [4.69, 9.17) is 4.74 Å². The Bertz CT molecular complexity index is 1420. The number of hydrogen-bond donors (Lipinski definition) is 1. The first-order valence-corrected chi connectivity index (χ1v) is 13.3. The normalized spacial score (nSPS) is 15.8. The first-order valence-electron chi connectivity index (χ1n) is 11.7. The van der Waals surface area contributed by atoms with E-state index in [0.717, 1.165) is 20.1 Å². The molecule has 1 unspecified atom stereocenters. The van der Waals surface area contributed by atoms with Gasteiger partial charge in [-0.2, -0.15) is 5.10 Å². The number of ether oxygens (including phenoxy) is 1. The standard InChI is InChI=1S/C30H22Br2N2O3/c31-24-13-11-20(12-14-24)29(36)37-27-16-15-25(32)17-21(27)19-33-34-28(35)26-18-30(26,22-7-3-1-4-8-22)23-9-5-2-6-10-23/h1-17,19,26H,18H2,(H,34,35)/b33-19-. The first-order chi connectivity index (χ1) is 18.0. The Kier molecular flexibility index (Phi) is 7.35. The van der Waals surface area contributed by atoms with Crippen molar-refractivity contribution in [3.05, 3.63) is 134 Å². The van der Waals surface area contributed by atoms with Crippen molar-refractivity contribution >= 4 is 50.0 Å². The number of hydrogen-bond acceptors (Lipinski definition) is 4. The van der Waals surface area contributed by atoms with Crippen molar-refractivity contribution in [2.24, 2.45) is 11.0 Å². The summed E-state index contributed by atoms with van der Waals surface area (Å²) in [6.07, 6.45) is 2.19. The summed E-state index contributed by atoms with van der Waals surface area (Å²) < 4.78 is 7.27. The number of halogens is 2. The molecule has 184 valence electrons. The maximum absolute atomic E-state index is 13.2. The van der Waals surface area contributed by atoms with Gasteiger partial charge in [-0.1, -0.05) is 92.5 Å². The number of hydrazone groups is 1. The maximum Gasteiger partial charge on any atom is 0.343 e. The van der Waals surface area contributed by atoms with Crippen LogP contribution in [0.1, 0.15) is 33.5 Å². The summed E-state index contributed by atoms with van der Waals surface area (Å²) in [5.41, 5.74) is 5.52. The van der Waals surface area contributed by atoms with Crippen LogP contribution in [0, 0.1) is 5.92 Å². The second kappa shape index (κ2) is 10.8. The van der Waals surface area contributed by atoms with Gasteiger partial charge in [-0.15, -0.1) is 0 Å². The molecule has 0 spiro atoms. The second-order valence-electron chi connectivity index (χ2n) is 8.77. The number of carbonyl (C=O) groups is 2. The van der Waals surface area contributed by atoms with Crippen molar-refractivity contribution in [2.75, 3.05) is 0 Å². The molecule has 1 aliphatic carbocycles. The Labute approximate surface area is 231 Å². The smallest absolute Gasteiger partial charge is 0.343 e. The number of rotatable bonds is 7. The molecule has 1 atom stereocenters. The zero-order valence-electron chi connectivity index (χ0n) is 19.6. The van der Waals surface area contributed by atoms with Crippen LogP contribution >= 0.6 is 31.9 Å². The van der Waals surface area contributed by atoms with E-state index in [9.17, 15) is 9.59 Å². The van der Waals surface area contributed by atoms with Gasteiger partial charge in [0.05, 0.1) is 17.7 Å². The van der Waals surface area contributed by atoms with Gasteiger partial charge in [0.15, 0.2) is 0 Å². The van der Waals surface area contributed by atoms with Crippen LogP contribution < -0.4 is 10.2 Å². The number of benzene rings is 4. The Morgan fingerprint density at radius 1 is 0.838 bits per heavy atom. The zero-order valence-corrected chi connectivity index (χ0v) is 22.8. The molecule has 37 heavy (non-hydrogen) atoms. The van der Waals surface area contributed by atoms with Gasteiger partial charge in [0, 0.05) is 19.9 Å². The van der Waals surface area contributed by atoms with Gasteiger partial charge in [0.2, 0.25) is 5.91 Å². The monoisotopic (exact) mass is 616 g/mol. The second-order valence-corrected chi connectivity index (χ2v) is 10.6. The molecule has 5 nitrogen and oxygen atoms in total. The Morgan fingerprint density at radius 3 is 2.05 bits per heavy atom. The largest absolute Gasteiger partial charge is 0.422 e. The molecule has 0 radical (unpaired) electrons. The molecular formula is C30H22Br2N2O3. The first kappa shape index (κ1) is 25.1. The van der Waals surface area contributed by atoms with Crippen LogP contribution in [0.25, 0.3) is 0 Å². The lowest BCUT2D eigenvalue weighted by atomic mass is 9.85. The molecule has 0 aliphatic heterocycles. The lowest BCUT2D eigenvalue weighted by Crippen LogP contribution is -2.25. The summed E-state index contributed by atoms with van der Waals surface area (Å²) in [5, 5.41) is 4.21. The summed E-state index contributed by atoms with van der Waals surface area (Å²) in [6, 6.07) is 32.3.